The number of unbranched alkanes of at least 4 members (excludes halogenated alkanes) is 1. The molecule has 0 aliphatic carbocycles. The molecule has 1 N–H and O–H groups in total. The predicted octanol–water partition coefficient (Wildman–Crippen LogP) is 6.33. The highest BCUT2D eigenvalue weighted by atomic mass is 35.5. The van der Waals surface area contributed by atoms with Crippen LogP contribution in [0.5, 0.6) is 11.5 Å². The molecule has 0 amide bonds. The Hall–Kier alpha value is -1.13. The van der Waals surface area contributed by atoms with Gasteiger partial charge in [-0.1, -0.05) is 48.1 Å². The lowest BCUT2D eigenvalue weighted by Gasteiger charge is -2.24. The Bertz CT molecular complexity index is 833. The van der Waals surface area contributed by atoms with Gasteiger partial charge in [0, 0.05) is 28.6 Å². The summed E-state index contributed by atoms with van der Waals surface area (Å²) in [4.78, 5) is 0. The molecule has 1 fully saturated rings. The van der Waals surface area contributed by atoms with Crippen molar-refractivity contribution in [3.63, 3.8) is 0 Å². The van der Waals surface area contributed by atoms with Crippen LogP contribution in [-0.2, 0) is 0 Å². The molecule has 2 aromatic rings. The molecule has 0 radical (unpaired) electrons. The molecule has 27 heavy (non-hydrogen) atoms. The van der Waals surface area contributed by atoms with Crippen molar-refractivity contribution in [2.75, 3.05) is 19.7 Å². The minimum absolute atomic E-state index is 0.196. The van der Waals surface area contributed by atoms with Crippen molar-refractivity contribution in [1.29, 1.82) is 0 Å². The Balaban J connectivity index is 1.81. The Morgan fingerprint density at radius 3 is 2.67 bits per heavy atom. The molecule has 2 aliphatic rings. The molecule has 2 heterocycles. The summed E-state index contributed by atoms with van der Waals surface area (Å²) in [5, 5.41) is 5.05. The molecule has 0 spiro atoms. The van der Waals surface area contributed by atoms with Gasteiger partial charge in [0.25, 0.3) is 0 Å². The Morgan fingerprint density at radius 1 is 1.15 bits per heavy atom. The first-order valence-corrected chi connectivity index (χ1v) is 10.5. The van der Waals surface area contributed by atoms with E-state index in [1.165, 1.54) is 5.56 Å². The van der Waals surface area contributed by atoms with Gasteiger partial charge in [-0.15, -0.1) is 0 Å². The summed E-state index contributed by atoms with van der Waals surface area (Å²) in [6.45, 7) is 4.68. The molecule has 1 saturated heterocycles. The second kappa shape index (κ2) is 8.08. The van der Waals surface area contributed by atoms with Gasteiger partial charge < -0.3 is 14.8 Å². The summed E-state index contributed by atoms with van der Waals surface area (Å²) in [5.74, 6) is 1.95. The first-order chi connectivity index (χ1) is 13.1. The van der Waals surface area contributed by atoms with E-state index in [1.54, 1.807) is 12.1 Å². The highest BCUT2D eigenvalue weighted by Gasteiger charge is 2.38. The van der Waals surface area contributed by atoms with Gasteiger partial charge in [0.1, 0.15) is 6.10 Å². The van der Waals surface area contributed by atoms with Crippen molar-refractivity contribution in [1.82, 2.24) is 5.32 Å². The van der Waals surface area contributed by atoms with E-state index >= 15 is 0 Å². The van der Waals surface area contributed by atoms with E-state index in [2.05, 4.69) is 18.3 Å². The van der Waals surface area contributed by atoms with Crippen molar-refractivity contribution >= 4 is 34.8 Å². The number of fused-ring (bicyclic) bond motifs is 3. The van der Waals surface area contributed by atoms with Gasteiger partial charge in [-0.3, -0.25) is 0 Å². The lowest BCUT2D eigenvalue weighted by Crippen LogP contribution is -2.37. The average molecular weight is 427 g/mol. The van der Waals surface area contributed by atoms with E-state index in [9.17, 15) is 0 Å². The predicted molar refractivity (Wildman–Crippen MR) is 112 cm³/mol. The maximum absolute atomic E-state index is 6.48. The van der Waals surface area contributed by atoms with Gasteiger partial charge in [0.05, 0.1) is 16.7 Å². The molecule has 0 bridgehead atoms. The third-order valence-electron chi connectivity index (χ3n) is 5.22. The zero-order valence-corrected chi connectivity index (χ0v) is 17.4. The number of hydrogen-bond acceptors (Lipinski definition) is 3. The van der Waals surface area contributed by atoms with Crippen molar-refractivity contribution in [2.45, 2.75) is 38.2 Å². The number of halogens is 3. The van der Waals surface area contributed by atoms with Crippen LogP contribution in [0.4, 0.5) is 0 Å². The minimum Gasteiger partial charge on any atom is -0.490 e. The number of benzene rings is 2. The highest BCUT2D eigenvalue weighted by Crippen LogP contribution is 2.50. The Kier molecular flexibility index (Phi) is 5.75. The number of piperidine rings is 1. The van der Waals surface area contributed by atoms with Gasteiger partial charge in [-0.05, 0) is 49.2 Å². The van der Waals surface area contributed by atoms with Crippen LogP contribution in [0.2, 0.25) is 15.1 Å². The van der Waals surface area contributed by atoms with Crippen LogP contribution in [0.15, 0.2) is 24.3 Å². The lowest BCUT2D eigenvalue weighted by molar-refractivity contribution is 0.165. The molecular formula is C21H22Cl3NO2. The van der Waals surface area contributed by atoms with E-state index in [4.69, 9.17) is 44.3 Å². The van der Waals surface area contributed by atoms with Gasteiger partial charge in [-0.2, -0.15) is 0 Å². The van der Waals surface area contributed by atoms with Crippen LogP contribution in [0.25, 0.3) is 11.1 Å². The molecule has 0 saturated carbocycles. The van der Waals surface area contributed by atoms with E-state index in [0.29, 0.717) is 27.6 Å². The van der Waals surface area contributed by atoms with Gasteiger partial charge in [0.2, 0.25) is 0 Å². The van der Waals surface area contributed by atoms with E-state index in [-0.39, 0.29) is 6.10 Å². The molecule has 4 rings (SSSR count). The molecule has 2 atom stereocenters. The minimum atomic E-state index is 0.196. The highest BCUT2D eigenvalue weighted by molar-refractivity contribution is 6.41. The van der Waals surface area contributed by atoms with Crippen LogP contribution >= 0.6 is 34.8 Å². The van der Waals surface area contributed by atoms with Crippen LogP contribution < -0.4 is 14.8 Å². The standard InChI is InChI=1S/C21H22Cl3NO2/c1-2-3-6-26-19-8-12(20-16(23)9-13(22)10-17(20)24)7-14-15-11-25-5-4-18(15)27-21(14)19/h7-10,15,18,25H,2-6,11H2,1H3. The van der Waals surface area contributed by atoms with Crippen molar-refractivity contribution in [2.24, 2.45) is 0 Å². The maximum atomic E-state index is 6.48. The quantitative estimate of drug-likeness (QED) is 0.567. The summed E-state index contributed by atoms with van der Waals surface area (Å²) >= 11 is 19.1. The van der Waals surface area contributed by atoms with Crippen LogP contribution in [0.1, 0.15) is 37.7 Å². The molecule has 3 nitrogen and oxygen atoms in total. The van der Waals surface area contributed by atoms with Crippen LogP contribution in [0.3, 0.4) is 0 Å². The van der Waals surface area contributed by atoms with Crippen LogP contribution in [0, 0.1) is 0 Å². The van der Waals surface area contributed by atoms with Crippen molar-refractivity contribution < 1.29 is 9.47 Å². The summed E-state index contributed by atoms with van der Waals surface area (Å²) in [6, 6.07) is 7.56. The zero-order valence-electron chi connectivity index (χ0n) is 15.2. The molecule has 2 aromatic carbocycles. The normalized spacial score (nSPS) is 20.7. The summed E-state index contributed by atoms with van der Waals surface area (Å²) in [6.07, 6.45) is 3.26. The largest absolute Gasteiger partial charge is 0.490 e. The average Bonchev–Trinajstić information content (AvgIpc) is 3.00. The fraction of sp³-hybridized carbons (Fsp3) is 0.429. The zero-order chi connectivity index (χ0) is 19.0. The first-order valence-electron chi connectivity index (χ1n) is 9.41. The second-order valence-electron chi connectivity index (χ2n) is 7.09. The molecule has 2 aliphatic heterocycles. The summed E-state index contributed by atoms with van der Waals surface area (Å²) in [5.41, 5.74) is 2.87. The smallest absolute Gasteiger partial charge is 0.165 e. The van der Waals surface area contributed by atoms with E-state index in [1.807, 2.05) is 6.07 Å². The summed E-state index contributed by atoms with van der Waals surface area (Å²) < 4.78 is 12.4. The van der Waals surface area contributed by atoms with E-state index < -0.39 is 0 Å². The first kappa shape index (κ1) is 19.2. The SMILES string of the molecule is CCCCOc1cc(-c2c(Cl)cc(Cl)cc2Cl)cc2c1OC1CCNCC21. The Labute approximate surface area is 174 Å². The van der Waals surface area contributed by atoms with Gasteiger partial charge in [0.15, 0.2) is 11.5 Å². The third-order valence-corrected chi connectivity index (χ3v) is 6.04. The number of rotatable bonds is 5. The third kappa shape index (κ3) is 3.75. The number of ether oxygens (including phenoxy) is 2. The molecule has 144 valence electrons. The van der Waals surface area contributed by atoms with Crippen molar-refractivity contribution in [3.05, 3.63) is 44.9 Å². The fourth-order valence-corrected chi connectivity index (χ4v) is 4.89. The van der Waals surface area contributed by atoms with E-state index in [0.717, 1.165) is 55.0 Å². The van der Waals surface area contributed by atoms with Gasteiger partial charge >= 0.3 is 0 Å². The number of hydrogen-bond donors (Lipinski definition) is 1. The molecule has 0 aromatic heterocycles. The maximum Gasteiger partial charge on any atom is 0.165 e. The second-order valence-corrected chi connectivity index (χ2v) is 8.35. The molecule has 6 heteroatoms. The van der Waals surface area contributed by atoms with Gasteiger partial charge in [-0.25, -0.2) is 0 Å². The summed E-state index contributed by atoms with van der Waals surface area (Å²) in [7, 11) is 0. The molecule has 2 unspecified atom stereocenters. The fourth-order valence-electron chi connectivity index (χ4n) is 3.86. The topological polar surface area (TPSA) is 30.5 Å². The molecular weight excluding hydrogens is 405 g/mol. The Morgan fingerprint density at radius 2 is 1.93 bits per heavy atom. The monoisotopic (exact) mass is 425 g/mol. The lowest BCUT2D eigenvalue weighted by atomic mass is 9.89. The van der Waals surface area contributed by atoms with Crippen molar-refractivity contribution in [3.8, 4) is 22.6 Å². The van der Waals surface area contributed by atoms with Crippen LogP contribution in [-0.4, -0.2) is 25.8 Å². The number of nitrogens with one attached hydrogen (secondary N) is 1.